The number of anilines is 2. The summed E-state index contributed by atoms with van der Waals surface area (Å²) < 4.78 is 0. The molecule has 174 valence electrons. The highest BCUT2D eigenvalue weighted by Crippen LogP contribution is 2.30. The number of nitrogens with one attached hydrogen (secondary N) is 2. The molecule has 0 unspecified atom stereocenters. The van der Waals surface area contributed by atoms with Crippen LogP contribution in [0.2, 0.25) is 10.0 Å². The molecule has 1 aliphatic rings. The highest BCUT2D eigenvalue weighted by molar-refractivity contribution is 6.39. The van der Waals surface area contributed by atoms with Gasteiger partial charge in [0.1, 0.15) is 5.82 Å². The summed E-state index contributed by atoms with van der Waals surface area (Å²) in [6.07, 6.45) is 5.27. The van der Waals surface area contributed by atoms with Gasteiger partial charge in [-0.2, -0.15) is 4.98 Å². The van der Waals surface area contributed by atoms with Crippen molar-refractivity contribution < 1.29 is 4.79 Å². The molecule has 1 aliphatic carbocycles. The number of hydrogen-bond acceptors (Lipinski definition) is 5. The molecule has 2 N–H and O–H groups in total. The number of fused-ring (bicyclic) bond motifs is 1. The van der Waals surface area contributed by atoms with Gasteiger partial charge in [0.15, 0.2) is 0 Å². The van der Waals surface area contributed by atoms with Gasteiger partial charge in [0.2, 0.25) is 5.95 Å². The first kappa shape index (κ1) is 23.6. The first-order chi connectivity index (χ1) is 15.9. The van der Waals surface area contributed by atoms with Gasteiger partial charge in [-0.3, -0.25) is 4.79 Å². The highest BCUT2D eigenvalue weighted by atomic mass is 35.5. The summed E-state index contributed by atoms with van der Waals surface area (Å²) in [7, 11) is 4.00. The number of aromatic nitrogens is 2. The Morgan fingerprint density at radius 2 is 1.70 bits per heavy atom. The molecule has 1 heterocycles. The molecule has 0 atom stereocenters. The van der Waals surface area contributed by atoms with E-state index in [1.807, 2.05) is 37.2 Å². The second-order valence-corrected chi connectivity index (χ2v) is 9.60. The minimum Gasteiger partial charge on any atom is -0.362 e. The zero-order valence-corrected chi connectivity index (χ0v) is 20.5. The molecule has 1 saturated carbocycles. The number of amides is 1. The topological polar surface area (TPSA) is 70.2 Å². The Hall–Kier alpha value is -2.57. The van der Waals surface area contributed by atoms with Crippen molar-refractivity contribution in [1.29, 1.82) is 0 Å². The van der Waals surface area contributed by atoms with E-state index in [9.17, 15) is 4.79 Å². The van der Waals surface area contributed by atoms with E-state index in [0.29, 0.717) is 40.1 Å². The molecular formula is C25H29Cl2N5O. The normalized spacial score (nSPS) is 18.2. The van der Waals surface area contributed by atoms with Crippen LogP contribution in [0.5, 0.6) is 0 Å². The van der Waals surface area contributed by atoms with Crippen LogP contribution < -0.4 is 15.5 Å². The molecule has 8 heteroatoms. The highest BCUT2D eigenvalue weighted by Gasteiger charge is 2.23. The Labute approximate surface area is 204 Å². The lowest BCUT2D eigenvalue weighted by atomic mass is 9.84. The second kappa shape index (κ2) is 10.6. The zero-order valence-electron chi connectivity index (χ0n) is 18.9. The number of carbonyl (C=O) groups excluding carboxylic acids is 1. The zero-order chi connectivity index (χ0) is 23.4. The summed E-state index contributed by atoms with van der Waals surface area (Å²) in [5.74, 6) is 1.97. The maximum Gasteiger partial charge on any atom is 0.254 e. The van der Waals surface area contributed by atoms with Crippen molar-refractivity contribution in [2.75, 3.05) is 30.9 Å². The number of hydrogen-bond donors (Lipinski definition) is 2. The fourth-order valence-electron chi connectivity index (χ4n) is 4.44. The molecule has 6 nitrogen and oxygen atoms in total. The summed E-state index contributed by atoms with van der Waals surface area (Å²) in [6, 6.07) is 13.5. The summed E-state index contributed by atoms with van der Waals surface area (Å²) in [6.45, 7) is 0.614. The van der Waals surface area contributed by atoms with Crippen molar-refractivity contribution in [3.05, 3.63) is 58.1 Å². The van der Waals surface area contributed by atoms with E-state index >= 15 is 0 Å². The van der Waals surface area contributed by atoms with Gasteiger partial charge in [-0.25, -0.2) is 4.98 Å². The Kier molecular flexibility index (Phi) is 7.56. The Morgan fingerprint density at radius 3 is 2.39 bits per heavy atom. The van der Waals surface area contributed by atoms with Gasteiger partial charge in [0.25, 0.3) is 5.91 Å². The van der Waals surface area contributed by atoms with Crippen LogP contribution >= 0.6 is 23.2 Å². The van der Waals surface area contributed by atoms with Gasteiger partial charge in [0.05, 0.1) is 21.1 Å². The molecule has 0 radical (unpaired) electrons. The predicted molar refractivity (Wildman–Crippen MR) is 137 cm³/mol. The number of carbonyl (C=O) groups is 1. The molecule has 1 aromatic heterocycles. The summed E-state index contributed by atoms with van der Waals surface area (Å²) in [4.78, 5) is 24.0. The van der Waals surface area contributed by atoms with Crippen molar-refractivity contribution in [3.8, 4) is 0 Å². The van der Waals surface area contributed by atoms with Crippen LogP contribution in [0, 0.1) is 5.92 Å². The fraction of sp³-hybridized carbons (Fsp3) is 0.400. The molecule has 1 amide bonds. The fourth-order valence-corrected chi connectivity index (χ4v) is 5.01. The molecule has 3 aromatic rings. The lowest BCUT2D eigenvalue weighted by Gasteiger charge is -2.29. The van der Waals surface area contributed by atoms with Crippen LogP contribution in [0.25, 0.3) is 10.9 Å². The number of nitrogens with zero attached hydrogens (tertiary/aromatic N) is 3. The standard InChI is InChI=1S/C25H29Cl2N5O/c1-32(2)23-18-6-3-4-9-21(18)30-25(31-23)29-17-12-10-16(11-13-17)14-15-28-24(33)22-19(26)7-5-8-20(22)27/h3-9,16-17H,10-15H2,1-2H3,(H,28,33)(H,29,30,31). The molecule has 2 aromatic carbocycles. The minimum absolute atomic E-state index is 0.217. The van der Waals surface area contributed by atoms with Gasteiger partial charge in [-0.05, 0) is 62.3 Å². The molecule has 1 fully saturated rings. The van der Waals surface area contributed by atoms with Crippen molar-refractivity contribution in [3.63, 3.8) is 0 Å². The van der Waals surface area contributed by atoms with Crippen LogP contribution in [-0.4, -0.2) is 42.6 Å². The molecule has 0 spiro atoms. The first-order valence-electron chi connectivity index (χ1n) is 11.3. The Bertz CT molecular complexity index is 1110. The Balaban J connectivity index is 1.28. The third-order valence-electron chi connectivity index (χ3n) is 6.21. The molecular weight excluding hydrogens is 457 g/mol. The van der Waals surface area contributed by atoms with Gasteiger partial charge >= 0.3 is 0 Å². The van der Waals surface area contributed by atoms with Crippen LogP contribution in [0.1, 0.15) is 42.5 Å². The smallest absolute Gasteiger partial charge is 0.254 e. The lowest BCUT2D eigenvalue weighted by Crippen LogP contribution is -2.30. The van der Waals surface area contributed by atoms with Crippen LogP contribution in [0.4, 0.5) is 11.8 Å². The molecule has 0 aliphatic heterocycles. The number of benzene rings is 2. The third kappa shape index (κ3) is 5.68. The van der Waals surface area contributed by atoms with E-state index in [2.05, 4.69) is 16.7 Å². The van der Waals surface area contributed by atoms with Crippen molar-refractivity contribution >= 4 is 51.8 Å². The van der Waals surface area contributed by atoms with Crippen LogP contribution in [-0.2, 0) is 0 Å². The van der Waals surface area contributed by atoms with Crippen molar-refractivity contribution in [2.24, 2.45) is 5.92 Å². The van der Waals surface area contributed by atoms with Gasteiger partial charge < -0.3 is 15.5 Å². The molecule has 0 saturated heterocycles. The number of halogens is 2. The summed E-state index contributed by atoms with van der Waals surface area (Å²) in [5, 5.41) is 8.32. The molecule has 0 bridgehead atoms. The van der Waals surface area contributed by atoms with Gasteiger partial charge in [-0.15, -0.1) is 0 Å². The summed E-state index contributed by atoms with van der Waals surface area (Å²) in [5.41, 5.74) is 1.29. The van der Waals surface area contributed by atoms with E-state index in [1.165, 1.54) is 0 Å². The van der Waals surface area contributed by atoms with E-state index in [4.69, 9.17) is 33.2 Å². The van der Waals surface area contributed by atoms with Crippen molar-refractivity contribution in [2.45, 2.75) is 38.1 Å². The average molecular weight is 486 g/mol. The molecule has 33 heavy (non-hydrogen) atoms. The third-order valence-corrected chi connectivity index (χ3v) is 6.84. The average Bonchev–Trinajstić information content (AvgIpc) is 2.79. The largest absolute Gasteiger partial charge is 0.362 e. The van der Waals surface area contributed by atoms with Gasteiger partial charge in [0, 0.05) is 32.1 Å². The van der Waals surface area contributed by atoms with Crippen LogP contribution in [0.3, 0.4) is 0 Å². The van der Waals surface area contributed by atoms with E-state index in [0.717, 1.165) is 48.8 Å². The van der Waals surface area contributed by atoms with Crippen LogP contribution in [0.15, 0.2) is 42.5 Å². The monoisotopic (exact) mass is 485 g/mol. The first-order valence-corrected chi connectivity index (χ1v) is 12.1. The van der Waals surface area contributed by atoms with E-state index in [-0.39, 0.29) is 5.91 Å². The summed E-state index contributed by atoms with van der Waals surface area (Å²) >= 11 is 12.3. The van der Waals surface area contributed by atoms with Crippen molar-refractivity contribution in [1.82, 2.24) is 15.3 Å². The lowest BCUT2D eigenvalue weighted by molar-refractivity contribution is 0.0950. The van der Waals surface area contributed by atoms with Gasteiger partial charge in [-0.1, -0.05) is 41.4 Å². The number of para-hydroxylation sites is 1. The molecule has 4 rings (SSSR count). The Morgan fingerprint density at radius 1 is 1.00 bits per heavy atom. The predicted octanol–water partition coefficient (Wildman–Crippen LogP) is 5.79. The SMILES string of the molecule is CN(C)c1nc(NC2CCC(CCNC(=O)c3c(Cl)cccc3Cl)CC2)nc2ccccc12. The minimum atomic E-state index is -0.217. The maximum atomic E-state index is 12.4. The second-order valence-electron chi connectivity index (χ2n) is 8.79. The van der Waals surface area contributed by atoms with E-state index in [1.54, 1.807) is 18.2 Å². The quantitative estimate of drug-likeness (QED) is 0.442. The number of rotatable bonds is 7. The van der Waals surface area contributed by atoms with E-state index < -0.39 is 0 Å². The maximum absolute atomic E-state index is 12.4.